The first kappa shape index (κ1) is 11.0. The number of nitrogen functional groups attached to an aromatic ring is 1. The molecular formula is C12H11N5. The van der Waals surface area contributed by atoms with E-state index < -0.39 is 0 Å². The third-order valence-corrected chi connectivity index (χ3v) is 2.49. The van der Waals surface area contributed by atoms with E-state index in [0.29, 0.717) is 17.1 Å². The quantitative estimate of drug-likeness (QED) is 0.796. The van der Waals surface area contributed by atoms with Gasteiger partial charge in [0, 0.05) is 18.0 Å². The topological polar surface area (TPSA) is 88.5 Å². The normalized spacial score (nSPS) is 9.94. The molecule has 0 fully saturated rings. The maximum atomic E-state index is 8.90. The van der Waals surface area contributed by atoms with Crippen LogP contribution in [0.25, 0.3) is 11.4 Å². The van der Waals surface area contributed by atoms with Crippen molar-refractivity contribution in [2.24, 2.45) is 0 Å². The van der Waals surface area contributed by atoms with Gasteiger partial charge < -0.3 is 5.73 Å². The lowest BCUT2D eigenvalue weighted by atomic mass is 10.1. The van der Waals surface area contributed by atoms with E-state index in [1.807, 2.05) is 19.1 Å². The highest BCUT2D eigenvalue weighted by atomic mass is 15.0. The molecule has 2 aromatic heterocycles. The molecule has 0 radical (unpaired) electrons. The summed E-state index contributed by atoms with van der Waals surface area (Å²) in [6.07, 6.45) is 3.41. The van der Waals surface area contributed by atoms with E-state index in [0.717, 1.165) is 11.1 Å². The van der Waals surface area contributed by atoms with Gasteiger partial charge in [0.05, 0.1) is 5.69 Å². The Labute approximate surface area is 99.0 Å². The molecule has 0 spiro atoms. The number of hydrogen-bond donors (Lipinski definition) is 1. The van der Waals surface area contributed by atoms with Crippen LogP contribution in [0.3, 0.4) is 0 Å². The van der Waals surface area contributed by atoms with Crippen LogP contribution in [0, 0.1) is 25.2 Å². The van der Waals surface area contributed by atoms with Crippen molar-refractivity contribution >= 4 is 5.82 Å². The molecule has 0 saturated carbocycles. The van der Waals surface area contributed by atoms with Crippen LogP contribution in [0.5, 0.6) is 0 Å². The second kappa shape index (κ2) is 4.18. The third kappa shape index (κ3) is 1.93. The lowest BCUT2D eigenvalue weighted by Crippen LogP contribution is -2.03. The molecule has 0 aliphatic rings. The van der Waals surface area contributed by atoms with Gasteiger partial charge in [-0.05, 0) is 25.5 Å². The first-order valence-electron chi connectivity index (χ1n) is 5.08. The number of nitrogens with two attached hydrogens (primary N) is 1. The van der Waals surface area contributed by atoms with Crippen molar-refractivity contribution in [2.75, 3.05) is 5.73 Å². The minimum atomic E-state index is 0.214. The molecule has 2 heterocycles. The molecule has 0 unspecified atom stereocenters. The number of pyridine rings is 1. The van der Waals surface area contributed by atoms with Crippen molar-refractivity contribution in [3.8, 4) is 17.5 Å². The highest BCUT2D eigenvalue weighted by Gasteiger charge is 2.11. The average Bonchev–Trinajstić information content (AvgIpc) is 2.29. The van der Waals surface area contributed by atoms with Crippen LogP contribution in [0.4, 0.5) is 5.82 Å². The lowest BCUT2D eigenvalue weighted by Gasteiger charge is -2.07. The Kier molecular flexibility index (Phi) is 2.71. The van der Waals surface area contributed by atoms with E-state index in [1.165, 1.54) is 0 Å². The Morgan fingerprint density at radius 2 is 2.06 bits per heavy atom. The lowest BCUT2D eigenvalue weighted by molar-refractivity contribution is 1.09. The van der Waals surface area contributed by atoms with Crippen molar-refractivity contribution < 1.29 is 0 Å². The molecule has 0 amide bonds. The molecule has 0 aliphatic carbocycles. The summed E-state index contributed by atoms with van der Waals surface area (Å²) in [4.78, 5) is 12.5. The number of aromatic nitrogens is 3. The second-order valence-corrected chi connectivity index (χ2v) is 3.70. The minimum absolute atomic E-state index is 0.214. The predicted octanol–water partition coefficient (Wildman–Crippen LogP) is 1.61. The number of nitriles is 1. The molecule has 0 saturated heterocycles. The Morgan fingerprint density at radius 3 is 2.65 bits per heavy atom. The molecule has 0 aliphatic heterocycles. The van der Waals surface area contributed by atoms with Crippen molar-refractivity contribution in [3.63, 3.8) is 0 Å². The summed E-state index contributed by atoms with van der Waals surface area (Å²) < 4.78 is 0. The van der Waals surface area contributed by atoms with Gasteiger partial charge in [-0.15, -0.1) is 0 Å². The van der Waals surface area contributed by atoms with Crippen LogP contribution < -0.4 is 5.73 Å². The fraction of sp³-hybridized carbons (Fsp3) is 0.167. The van der Waals surface area contributed by atoms with Gasteiger partial charge in [-0.2, -0.15) is 5.26 Å². The van der Waals surface area contributed by atoms with Gasteiger partial charge in [0.15, 0.2) is 5.82 Å². The summed E-state index contributed by atoms with van der Waals surface area (Å²) in [5, 5.41) is 8.90. The molecule has 2 aromatic rings. The number of nitrogens with zero attached hydrogens (tertiary/aromatic N) is 4. The number of hydrogen-bond acceptors (Lipinski definition) is 5. The fourth-order valence-corrected chi connectivity index (χ4v) is 1.58. The van der Waals surface area contributed by atoms with Crippen molar-refractivity contribution in [2.45, 2.75) is 13.8 Å². The van der Waals surface area contributed by atoms with Gasteiger partial charge in [-0.25, -0.2) is 9.97 Å². The fourth-order valence-electron chi connectivity index (χ4n) is 1.58. The molecule has 0 bridgehead atoms. The molecule has 5 nitrogen and oxygen atoms in total. The first-order chi connectivity index (χ1) is 8.13. The SMILES string of the molecule is Cc1cnccc1-c1nc(C)c(C#N)c(N)n1. The number of aryl methyl sites for hydroxylation is 2. The van der Waals surface area contributed by atoms with Crippen molar-refractivity contribution in [1.29, 1.82) is 5.26 Å². The predicted molar refractivity (Wildman–Crippen MR) is 63.9 cm³/mol. The van der Waals surface area contributed by atoms with Crippen LogP contribution in [-0.2, 0) is 0 Å². The molecule has 0 aromatic carbocycles. The third-order valence-electron chi connectivity index (χ3n) is 2.49. The Morgan fingerprint density at radius 1 is 1.29 bits per heavy atom. The van der Waals surface area contributed by atoms with E-state index in [4.69, 9.17) is 11.0 Å². The van der Waals surface area contributed by atoms with Gasteiger partial charge in [-0.3, -0.25) is 4.98 Å². The standard InChI is InChI=1S/C12H11N5/c1-7-6-15-4-3-9(7)12-16-8(2)10(5-13)11(14)17-12/h3-4,6H,1-2H3,(H2,14,16,17). The van der Waals surface area contributed by atoms with Gasteiger partial charge in [0.1, 0.15) is 17.5 Å². The van der Waals surface area contributed by atoms with Gasteiger partial charge in [0.25, 0.3) is 0 Å². The highest BCUT2D eigenvalue weighted by Crippen LogP contribution is 2.21. The maximum absolute atomic E-state index is 8.90. The summed E-state index contributed by atoms with van der Waals surface area (Å²) in [6, 6.07) is 3.82. The van der Waals surface area contributed by atoms with Crippen molar-refractivity contribution in [3.05, 3.63) is 35.3 Å². The molecule has 2 N–H and O–H groups in total. The molecule has 2 rings (SSSR count). The molecule has 17 heavy (non-hydrogen) atoms. The first-order valence-corrected chi connectivity index (χ1v) is 5.08. The minimum Gasteiger partial charge on any atom is -0.382 e. The Bertz CT molecular complexity index is 590. The Balaban J connectivity index is 2.64. The zero-order valence-corrected chi connectivity index (χ0v) is 9.60. The summed E-state index contributed by atoms with van der Waals surface area (Å²) in [5.41, 5.74) is 8.50. The Hall–Kier alpha value is -2.48. The summed E-state index contributed by atoms with van der Waals surface area (Å²) in [7, 11) is 0. The van der Waals surface area contributed by atoms with E-state index >= 15 is 0 Å². The zero-order valence-electron chi connectivity index (χ0n) is 9.60. The second-order valence-electron chi connectivity index (χ2n) is 3.70. The van der Waals surface area contributed by atoms with E-state index in [9.17, 15) is 0 Å². The van der Waals surface area contributed by atoms with Gasteiger partial charge in [0.2, 0.25) is 0 Å². The summed E-state index contributed by atoms with van der Waals surface area (Å²) in [6.45, 7) is 3.67. The monoisotopic (exact) mass is 225 g/mol. The van der Waals surface area contributed by atoms with Crippen LogP contribution >= 0.6 is 0 Å². The van der Waals surface area contributed by atoms with Crippen LogP contribution in [0.15, 0.2) is 18.5 Å². The molecule has 0 atom stereocenters. The van der Waals surface area contributed by atoms with Crippen LogP contribution in [-0.4, -0.2) is 15.0 Å². The molecule has 84 valence electrons. The van der Waals surface area contributed by atoms with Gasteiger partial charge >= 0.3 is 0 Å². The molecular weight excluding hydrogens is 214 g/mol. The maximum Gasteiger partial charge on any atom is 0.162 e. The smallest absolute Gasteiger partial charge is 0.162 e. The summed E-state index contributed by atoms with van der Waals surface area (Å²) in [5.74, 6) is 0.741. The van der Waals surface area contributed by atoms with Crippen LogP contribution in [0.2, 0.25) is 0 Å². The zero-order chi connectivity index (χ0) is 12.4. The van der Waals surface area contributed by atoms with Crippen molar-refractivity contribution in [1.82, 2.24) is 15.0 Å². The van der Waals surface area contributed by atoms with E-state index in [1.54, 1.807) is 19.3 Å². The van der Waals surface area contributed by atoms with E-state index in [-0.39, 0.29) is 5.82 Å². The number of anilines is 1. The summed E-state index contributed by atoms with van der Waals surface area (Å²) >= 11 is 0. The highest BCUT2D eigenvalue weighted by molar-refractivity contribution is 5.63. The van der Waals surface area contributed by atoms with Crippen LogP contribution in [0.1, 0.15) is 16.8 Å². The average molecular weight is 225 g/mol. The van der Waals surface area contributed by atoms with Gasteiger partial charge in [-0.1, -0.05) is 0 Å². The molecule has 5 heteroatoms. The largest absolute Gasteiger partial charge is 0.382 e. The number of rotatable bonds is 1. The van der Waals surface area contributed by atoms with E-state index in [2.05, 4.69) is 15.0 Å².